The summed E-state index contributed by atoms with van der Waals surface area (Å²) >= 11 is 0. The molecule has 23 heavy (non-hydrogen) atoms. The molecule has 2 N–H and O–H groups in total. The molecule has 1 fully saturated rings. The Morgan fingerprint density at radius 3 is 2.52 bits per heavy atom. The van der Waals surface area contributed by atoms with E-state index in [2.05, 4.69) is 10.1 Å². The number of nitrogens with zero attached hydrogens (tertiary/aromatic N) is 2. The molecule has 0 aliphatic heterocycles. The van der Waals surface area contributed by atoms with Gasteiger partial charge in [-0.2, -0.15) is 4.98 Å². The van der Waals surface area contributed by atoms with Gasteiger partial charge >= 0.3 is 0 Å². The van der Waals surface area contributed by atoms with E-state index in [4.69, 9.17) is 10.3 Å². The number of aryl methyl sites for hydroxylation is 2. The predicted molar refractivity (Wildman–Crippen MR) is 85.6 cm³/mol. The van der Waals surface area contributed by atoms with Crippen LogP contribution in [0.25, 0.3) is 0 Å². The summed E-state index contributed by atoms with van der Waals surface area (Å²) in [6.07, 6.45) is 3.99. The van der Waals surface area contributed by atoms with Crippen LogP contribution in [0.1, 0.15) is 43.0 Å². The van der Waals surface area contributed by atoms with Gasteiger partial charge in [-0.25, -0.2) is 8.42 Å². The molecule has 1 saturated carbocycles. The maximum Gasteiger partial charge on any atom is 0.227 e. The predicted octanol–water partition coefficient (Wildman–Crippen LogP) is 2.12. The Hall–Kier alpha value is -1.73. The third kappa shape index (κ3) is 3.45. The minimum Gasteiger partial charge on any atom is -0.339 e. The number of rotatable bonds is 5. The topological polar surface area (TPSA) is 99.1 Å². The van der Waals surface area contributed by atoms with Crippen LogP contribution in [0.5, 0.6) is 0 Å². The van der Waals surface area contributed by atoms with Crippen molar-refractivity contribution in [2.24, 2.45) is 5.73 Å². The maximum absolute atomic E-state index is 12.3. The van der Waals surface area contributed by atoms with E-state index in [0.29, 0.717) is 16.6 Å². The molecule has 0 atom stereocenters. The van der Waals surface area contributed by atoms with Crippen LogP contribution in [0.15, 0.2) is 33.7 Å². The highest BCUT2D eigenvalue weighted by molar-refractivity contribution is 7.91. The number of benzene rings is 1. The number of sulfone groups is 1. The van der Waals surface area contributed by atoms with Crippen molar-refractivity contribution in [2.75, 3.05) is 5.75 Å². The van der Waals surface area contributed by atoms with Crippen LogP contribution in [0.2, 0.25) is 0 Å². The van der Waals surface area contributed by atoms with Gasteiger partial charge in [0, 0.05) is 6.42 Å². The minimum atomic E-state index is -3.36. The van der Waals surface area contributed by atoms with Gasteiger partial charge in [-0.15, -0.1) is 0 Å². The van der Waals surface area contributed by atoms with E-state index >= 15 is 0 Å². The largest absolute Gasteiger partial charge is 0.339 e. The van der Waals surface area contributed by atoms with E-state index in [9.17, 15) is 8.42 Å². The number of nitrogens with two attached hydrogens (primary N) is 1. The summed E-state index contributed by atoms with van der Waals surface area (Å²) in [6.45, 7) is 1.92. The van der Waals surface area contributed by atoms with E-state index in [1.165, 1.54) is 0 Å². The molecule has 1 aliphatic rings. The fourth-order valence-corrected chi connectivity index (χ4v) is 4.10. The van der Waals surface area contributed by atoms with Crippen molar-refractivity contribution in [3.05, 3.63) is 41.5 Å². The van der Waals surface area contributed by atoms with Crippen molar-refractivity contribution in [1.29, 1.82) is 0 Å². The highest BCUT2D eigenvalue weighted by atomic mass is 32.2. The monoisotopic (exact) mass is 335 g/mol. The highest BCUT2D eigenvalue weighted by Gasteiger charge is 2.36. The fraction of sp³-hybridized carbons (Fsp3) is 0.500. The van der Waals surface area contributed by atoms with E-state index in [0.717, 1.165) is 31.2 Å². The van der Waals surface area contributed by atoms with Gasteiger partial charge in [-0.3, -0.25) is 0 Å². The van der Waals surface area contributed by atoms with E-state index in [1.54, 1.807) is 24.3 Å². The summed E-state index contributed by atoms with van der Waals surface area (Å²) in [4.78, 5) is 4.62. The zero-order valence-corrected chi connectivity index (χ0v) is 14.0. The molecule has 0 saturated heterocycles. The first-order chi connectivity index (χ1) is 10.9. The van der Waals surface area contributed by atoms with Gasteiger partial charge in [0.25, 0.3) is 0 Å². The Bertz CT molecular complexity index is 775. The first-order valence-electron chi connectivity index (χ1n) is 7.80. The standard InChI is InChI=1S/C16H21N3O3S/c1-12-4-6-13(7-5-12)23(20,21)11-8-14-18-15(19-22-14)16(17)9-2-3-10-16/h4-7H,2-3,8-11,17H2,1H3. The quantitative estimate of drug-likeness (QED) is 0.898. The van der Waals surface area contributed by atoms with Gasteiger partial charge in [-0.1, -0.05) is 35.7 Å². The normalized spacial score (nSPS) is 17.5. The Morgan fingerprint density at radius 2 is 1.87 bits per heavy atom. The average molecular weight is 335 g/mol. The van der Waals surface area contributed by atoms with Crippen LogP contribution in [-0.4, -0.2) is 24.3 Å². The molecule has 0 amide bonds. The van der Waals surface area contributed by atoms with Crippen LogP contribution < -0.4 is 5.73 Å². The molecule has 6 nitrogen and oxygen atoms in total. The van der Waals surface area contributed by atoms with Crippen LogP contribution in [-0.2, 0) is 21.8 Å². The van der Waals surface area contributed by atoms with Crippen LogP contribution in [0.3, 0.4) is 0 Å². The molecular weight excluding hydrogens is 314 g/mol. The van der Waals surface area contributed by atoms with Crippen molar-refractivity contribution in [3.63, 3.8) is 0 Å². The second kappa shape index (κ2) is 6.05. The lowest BCUT2D eigenvalue weighted by Gasteiger charge is -2.17. The molecule has 1 aliphatic carbocycles. The maximum atomic E-state index is 12.3. The summed E-state index contributed by atoms with van der Waals surface area (Å²) in [5.74, 6) is 0.764. The Kier molecular flexibility index (Phi) is 4.25. The lowest BCUT2D eigenvalue weighted by atomic mass is 9.99. The van der Waals surface area contributed by atoms with Crippen molar-refractivity contribution in [1.82, 2.24) is 10.1 Å². The number of hydrogen-bond acceptors (Lipinski definition) is 6. The van der Waals surface area contributed by atoms with Gasteiger partial charge in [0.1, 0.15) is 0 Å². The third-order valence-electron chi connectivity index (χ3n) is 4.37. The van der Waals surface area contributed by atoms with Gasteiger partial charge in [0.05, 0.1) is 16.2 Å². The van der Waals surface area contributed by atoms with E-state index < -0.39 is 15.4 Å². The first kappa shape index (κ1) is 16.1. The van der Waals surface area contributed by atoms with E-state index in [-0.39, 0.29) is 12.2 Å². The second-order valence-electron chi connectivity index (χ2n) is 6.26. The lowest BCUT2D eigenvalue weighted by molar-refractivity contribution is 0.350. The van der Waals surface area contributed by atoms with E-state index in [1.807, 2.05) is 6.92 Å². The Balaban J connectivity index is 1.68. The van der Waals surface area contributed by atoms with Crippen molar-refractivity contribution >= 4 is 9.84 Å². The fourth-order valence-electron chi connectivity index (χ4n) is 2.87. The second-order valence-corrected chi connectivity index (χ2v) is 8.37. The molecule has 7 heteroatoms. The van der Waals surface area contributed by atoms with Gasteiger partial charge in [-0.05, 0) is 31.9 Å². The highest BCUT2D eigenvalue weighted by Crippen LogP contribution is 2.34. The minimum absolute atomic E-state index is 0.0603. The molecule has 1 heterocycles. The summed E-state index contributed by atoms with van der Waals surface area (Å²) in [5, 5.41) is 3.95. The summed E-state index contributed by atoms with van der Waals surface area (Å²) < 4.78 is 29.8. The molecule has 0 bridgehead atoms. The average Bonchev–Trinajstić information content (AvgIpc) is 3.16. The molecule has 1 aromatic heterocycles. The third-order valence-corrected chi connectivity index (χ3v) is 6.11. The number of aromatic nitrogens is 2. The summed E-state index contributed by atoms with van der Waals surface area (Å²) in [6, 6.07) is 6.82. The van der Waals surface area contributed by atoms with Crippen molar-refractivity contribution in [2.45, 2.75) is 49.5 Å². The Labute approximate surface area is 136 Å². The SMILES string of the molecule is Cc1ccc(S(=O)(=O)CCc2nc(C3(N)CCCC3)no2)cc1. The van der Waals surface area contributed by atoms with Crippen molar-refractivity contribution < 1.29 is 12.9 Å². The molecule has 3 rings (SSSR count). The van der Waals surface area contributed by atoms with Gasteiger partial charge < -0.3 is 10.3 Å². The zero-order chi connectivity index (χ0) is 16.5. The van der Waals surface area contributed by atoms with Crippen LogP contribution in [0.4, 0.5) is 0 Å². The molecule has 2 aromatic rings. The zero-order valence-electron chi connectivity index (χ0n) is 13.2. The summed E-state index contributed by atoms with van der Waals surface area (Å²) in [5.41, 5.74) is 6.78. The Morgan fingerprint density at radius 1 is 1.22 bits per heavy atom. The molecular formula is C16H21N3O3S. The van der Waals surface area contributed by atoms with Gasteiger partial charge in [0.15, 0.2) is 15.7 Å². The molecule has 0 unspecified atom stereocenters. The first-order valence-corrected chi connectivity index (χ1v) is 9.46. The van der Waals surface area contributed by atoms with Crippen molar-refractivity contribution in [3.8, 4) is 0 Å². The smallest absolute Gasteiger partial charge is 0.227 e. The molecule has 1 aromatic carbocycles. The molecule has 0 radical (unpaired) electrons. The molecule has 0 spiro atoms. The number of hydrogen-bond donors (Lipinski definition) is 1. The lowest BCUT2D eigenvalue weighted by Crippen LogP contribution is -2.34. The summed E-state index contributed by atoms with van der Waals surface area (Å²) in [7, 11) is -3.36. The van der Waals surface area contributed by atoms with Gasteiger partial charge in [0.2, 0.25) is 5.89 Å². The molecule has 124 valence electrons. The van der Waals surface area contributed by atoms with Crippen LogP contribution >= 0.6 is 0 Å². The van der Waals surface area contributed by atoms with Crippen LogP contribution in [0, 0.1) is 6.92 Å².